The minimum absolute atomic E-state index is 0.0420. The van der Waals surface area contributed by atoms with Gasteiger partial charge in [0.1, 0.15) is 11.6 Å². The standard InChI is InChI=1S/C14H9N3O3/c1-17-11-6-8(2-3-12(11)20-14(17)19)9-4-5-16-13(18)10(9)7-15/h2-6H,1H3,(H,16,18). The predicted octanol–water partition coefficient (Wildman–Crippen LogP) is 1.36. The Morgan fingerprint density at radius 3 is 2.85 bits per heavy atom. The summed E-state index contributed by atoms with van der Waals surface area (Å²) in [6, 6.07) is 8.62. The van der Waals surface area contributed by atoms with Gasteiger partial charge in [-0.25, -0.2) is 4.79 Å². The number of aromatic amines is 1. The Morgan fingerprint density at radius 2 is 2.10 bits per heavy atom. The van der Waals surface area contributed by atoms with Crippen LogP contribution < -0.4 is 11.3 Å². The molecule has 0 bridgehead atoms. The molecule has 0 radical (unpaired) electrons. The van der Waals surface area contributed by atoms with Crippen LogP contribution in [0.5, 0.6) is 0 Å². The van der Waals surface area contributed by atoms with Gasteiger partial charge < -0.3 is 9.40 Å². The van der Waals surface area contributed by atoms with Crippen LogP contribution in [0.1, 0.15) is 5.56 Å². The van der Waals surface area contributed by atoms with E-state index in [1.54, 1.807) is 31.3 Å². The van der Waals surface area contributed by atoms with Gasteiger partial charge in [-0.05, 0) is 23.8 Å². The summed E-state index contributed by atoms with van der Waals surface area (Å²) in [6.07, 6.45) is 1.48. The third-order valence-electron chi connectivity index (χ3n) is 3.18. The Balaban J connectivity index is 2.34. The number of fused-ring (bicyclic) bond motifs is 1. The quantitative estimate of drug-likeness (QED) is 0.720. The lowest BCUT2D eigenvalue weighted by Gasteiger charge is -2.03. The highest BCUT2D eigenvalue weighted by Crippen LogP contribution is 2.24. The first kappa shape index (κ1) is 12.0. The zero-order chi connectivity index (χ0) is 14.3. The second-order valence-corrected chi connectivity index (χ2v) is 4.32. The highest BCUT2D eigenvalue weighted by Gasteiger charge is 2.11. The van der Waals surface area contributed by atoms with Crippen molar-refractivity contribution in [2.45, 2.75) is 0 Å². The van der Waals surface area contributed by atoms with Crippen molar-refractivity contribution >= 4 is 11.1 Å². The van der Waals surface area contributed by atoms with E-state index in [2.05, 4.69) is 4.98 Å². The van der Waals surface area contributed by atoms with Crippen LogP contribution >= 0.6 is 0 Å². The van der Waals surface area contributed by atoms with Crippen LogP contribution in [0.15, 0.2) is 44.5 Å². The van der Waals surface area contributed by atoms with Crippen molar-refractivity contribution in [3.63, 3.8) is 0 Å². The average molecular weight is 267 g/mol. The molecule has 2 aromatic heterocycles. The highest BCUT2D eigenvalue weighted by molar-refractivity contribution is 5.82. The molecule has 0 atom stereocenters. The van der Waals surface area contributed by atoms with Crippen LogP contribution in [0.25, 0.3) is 22.2 Å². The molecule has 0 aliphatic carbocycles. The molecule has 0 amide bonds. The van der Waals surface area contributed by atoms with Crippen LogP contribution in [0.2, 0.25) is 0 Å². The van der Waals surface area contributed by atoms with Gasteiger partial charge in [0.15, 0.2) is 5.58 Å². The molecule has 1 N–H and O–H groups in total. The van der Waals surface area contributed by atoms with Gasteiger partial charge in [-0.3, -0.25) is 9.36 Å². The summed E-state index contributed by atoms with van der Waals surface area (Å²) in [4.78, 5) is 25.5. The number of hydrogen-bond donors (Lipinski definition) is 1. The summed E-state index contributed by atoms with van der Waals surface area (Å²) in [5.41, 5.74) is 1.87. The lowest BCUT2D eigenvalue weighted by atomic mass is 10.0. The van der Waals surface area contributed by atoms with Crippen LogP contribution in [-0.2, 0) is 7.05 Å². The largest absolute Gasteiger partial charge is 0.419 e. The lowest BCUT2D eigenvalue weighted by molar-refractivity contribution is 0.528. The van der Waals surface area contributed by atoms with E-state index >= 15 is 0 Å². The molecular formula is C14H9N3O3. The molecule has 0 aliphatic heterocycles. The SMILES string of the molecule is Cn1c(=O)oc2ccc(-c3cc[nH]c(=O)c3C#N)cc21. The maximum Gasteiger partial charge on any atom is 0.419 e. The molecule has 20 heavy (non-hydrogen) atoms. The molecule has 0 saturated carbocycles. The molecule has 6 nitrogen and oxygen atoms in total. The van der Waals surface area contributed by atoms with E-state index in [1.165, 1.54) is 10.8 Å². The average Bonchev–Trinajstić information content (AvgIpc) is 2.73. The number of aryl methyl sites for hydroxylation is 1. The fourth-order valence-corrected chi connectivity index (χ4v) is 2.12. The molecule has 0 saturated heterocycles. The maximum atomic E-state index is 11.6. The van der Waals surface area contributed by atoms with Gasteiger partial charge in [0.2, 0.25) is 0 Å². The molecule has 1 aromatic carbocycles. The topological polar surface area (TPSA) is 91.8 Å². The van der Waals surface area contributed by atoms with Crippen molar-refractivity contribution in [3.05, 3.63) is 56.9 Å². The van der Waals surface area contributed by atoms with E-state index in [9.17, 15) is 9.59 Å². The summed E-state index contributed by atoms with van der Waals surface area (Å²) < 4.78 is 6.42. The first-order valence-corrected chi connectivity index (χ1v) is 5.83. The minimum atomic E-state index is -0.455. The van der Waals surface area contributed by atoms with E-state index in [1.807, 2.05) is 6.07 Å². The number of H-pyrrole nitrogens is 1. The number of aromatic nitrogens is 2. The van der Waals surface area contributed by atoms with Crippen LogP contribution in [-0.4, -0.2) is 9.55 Å². The molecule has 0 fully saturated rings. The van der Waals surface area contributed by atoms with Gasteiger partial charge in [0, 0.05) is 18.8 Å². The van der Waals surface area contributed by atoms with Gasteiger partial charge in [-0.15, -0.1) is 0 Å². The number of pyridine rings is 1. The molecule has 0 aliphatic rings. The second-order valence-electron chi connectivity index (χ2n) is 4.32. The number of rotatable bonds is 1. The van der Waals surface area contributed by atoms with E-state index in [0.717, 1.165) is 0 Å². The monoisotopic (exact) mass is 267 g/mol. The first-order chi connectivity index (χ1) is 9.61. The molecule has 0 unspecified atom stereocenters. The Hall–Kier alpha value is -3.07. The Kier molecular flexibility index (Phi) is 2.54. The van der Waals surface area contributed by atoms with Crippen molar-refractivity contribution in [1.82, 2.24) is 9.55 Å². The van der Waals surface area contributed by atoms with Gasteiger partial charge >= 0.3 is 5.76 Å². The van der Waals surface area contributed by atoms with Crippen molar-refractivity contribution in [2.24, 2.45) is 7.05 Å². The van der Waals surface area contributed by atoms with Crippen molar-refractivity contribution in [2.75, 3.05) is 0 Å². The number of oxazole rings is 1. The third-order valence-corrected chi connectivity index (χ3v) is 3.18. The molecule has 2 heterocycles. The van der Waals surface area contributed by atoms with Crippen LogP contribution in [0.3, 0.4) is 0 Å². The normalized spacial score (nSPS) is 10.6. The Bertz CT molecular complexity index is 970. The summed E-state index contributed by atoms with van der Waals surface area (Å²) in [5, 5.41) is 9.09. The lowest BCUT2D eigenvalue weighted by Crippen LogP contribution is -2.10. The van der Waals surface area contributed by atoms with Gasteiger partial charge in [-0.2, -0.15) is 5.26 Å². The van der Waals surface area contributed by atoms with Crippen LogP contribution in [0, 0.1) is 11.3 Å². The Labute approximate surface area is 112 Å². The summed E-state index contributed by atoms with van der Waals surface area (Å²) >= 11 is 0. The second kappa shape index (κ2) is 4.24. The molecule has 3 aromatic rings. The van der Waals surface area contributed by atoms with E-state index in [0.29, 0.717) is 22.2 Å². The fraction of sp³-hybridized carbons (Fsp3) is 0.0714. The summed E-state index contributed by atoms with van der Waals surface area (Å²) in [7, 11) is 1.60. The molecular weight excluding hydrogens is 258 g/mol. The van der Waals surface area contributed by atoms with Crippen molar-refractivity contribution in [1.29, 1.82) is 5.26 Å². The summed E-state index contributed by atoms with van der Waals surface area (Å²) in [6.45, 7) is 0. The zero-order valence-corrected chi connectivity index (χ0v) is 10.5. The fourth-order valence-electron chi connectivity index (χ4n) is 2.12. The number of hydrogen-bond acceptors (Lipinski definition) is 4. The summed E-state index contributed by atoms with van der Waals surface area (Å²) in [5.74, 6) is -0.455. The van der Waals surface area contributed by atoms with Gasteiger partial charge in [0.25, 0.3) is 5.56 Å². The smallest absolute Gasteiger partial charge is 0.408 e. The van der Waals surface area contributed by atoms with E-state index in [-0.39, 0.29) is 5.56 Å². The molecule has 3 rings (SSSR count). The number of nitrogens with one attached hydrogen (secondary N) is 1. The van der Waals surface area contributed by atoms with E-state index in [4.69, 9.17) is 9.68 Å². The van der Waals surface area contributed by atoms with Gasteiger partial charge in [0.05, 0.1) is 5.52 Å². The third kappa shape index (κ3) is 1.65. The van der Waals surface area contributed by atoms with Crippen molar-refractivity contribution < 1.29 is 4.42 Å². The first-order valence-electron chi connectivity index (χ1n) is 5.83. The van der Waals surface area contributed by atoms with E-state index < -0.39 is 11.3 Å². The number of nitrogens with zero attached hydrogens (tertiary/aromatic N) is 2. The Morgan fingerprint density at radius 1 is 1.30 bits per heavy atom. The molecule has 98 valence electrons. The number of nitriles is 1. The van der Waals surface area contributed by atoms with Gasteiger partial charge in [-0.1, -0.05) is 6.07 Å². The highest BCUT2D eigenvalue weighted by atomic mass is 16.4. The number of benzene rings is 1. The van der Waals surface area contributed by atoms with Crippen molar-refractivity contribution in [3.8, 4) is 17.2 Å². The molecule has 0 spiro atoms. The minimum Gasteiger partial charge on any atom is -0.408 e. The molecule has 6 heteroatoms. The maximum absolute atomic E-state index is 11.6. The van der Waals surface area contributed by atoms with Crippen LogP contribution in [0.4, 0.5) is 0 Å². The predicted molar refractivity (Wildman–Crippen MR) is 72.2 cm³/mol. The zero-order valence-electron chi connectivity index (χ0n) is 10.5.